The van der Waals surface area contributed by atoms with Crippen molar-refractivity contribution in [2.75, 3.05) is 0 Å². The monoisotopic (exact) mass is 156 g/mol. The number of hydrogen-bond donors (Lipinski definition) is 0. The minimum Gasteiger partial charge on any atom is -0.0999 e. The minimum atomic E-state index is 0.690. The maximum absolute atomic E-state index is 3.92. The van der Waals surface area contributed by atoms with Gasteiger partial charge in [0.25, 0.3) is 0 Å². The molecule has 0 aliphatic carbocycles. The highest BCUT2D eigenvalue weighted by molar-refractivity contribution is 4.95. The zero-order chi connectivity index (χ0) is 9.44. The summed E-state index contributed by atoms with van der Waals surface area (Å²) in [7, 11) is 0. The normalized spacial score (nSPS) is 14.4. The molecule has 0 bridgehead atoms. The zero-order valence-electron chi connectivity index (χ0n) is 9.07. The maximum Gasteiger partial charge on any atom is -0.0211 e. The van der Waals surface area contributed by atoms with Crippen LogP contribution in [0.15, 0.2) is 12.2 Å². The van der Waals surface area contributed by atoms with E-state index in [-0.39, 0.29) is 0 Å². The van der Waals surface area contributed by atoms with Gasteiger partial charge in [-0.15, -0.1) is 0 Å². The van der Waals surface area contributed by atoms with E-state index in [1.165, 1.54) is 12.0 Å². The van der Waals surface area contributed by atoms with E-state index < -0.39 is 0 Å². The highest BCUT2D eigenvalue weighted by atomic mass is 14.1. The third-order valence-electron chi connectivity index (χ3n) is 2.27. The van der Waals surface area contributed by atoms with Crippen LogP contribution < -0.4 is 0 Å². The Bertz CT molecular complexity index is 92.2. The lowest BCUT2D eigenvalue weighted by atomic mass is 9.89. The third kappa shape index (κ3) is 6.15. The van der Waals surface area contributed by atoms with Crippen LogP contribution in [0.2, 0.25) is 0 Å². The van der Waals surface area contributed by atoms with Crippen molar-refractivity contribution in [2.24, 2.45) is 11.8 Å². The molecular weight excluding hydrogens is 132 g/mol. The topological polar surface area (TPSA) is 0 Å². The van der Waals surface area contributed by atoms with Gasteiger partial charge in [0.2, 0.25) is 0 Å². The highest BCUT2D eigenvalue weighted by Gasteiger charge is 2.09. The Morgan fingerprint density at radius 3 is 1.73 bits per heavy atom. The fourth-order valence-corrected chi connectivity index (χ4v) is 0.839. The van der Waals surface area contributed by atoms with Crippen LogP contribution in [0.5, 0.6) is 0 Å². The van der Waals surface area contributed by atoms with E-state index in [0.717, 1.165) is 5.92 Å². The van der Waals surface area contributed by atoms with Gasteiger partial charge in [0.15, 0.2) is 0 Å². The van der Waals surface area contributed by atoms with Crippen molar-refractivity contribution in [3.05, 3.63) is 12.2 Å². The van der Waals surface area contributed by atoms with Crippen molar-refractivity contribution in [1.82, 2.24) is 0 Å². The summed E-state index contributed by atoms with van der Waals surface area (Å²) in [4.78, 5) is 0. The fraction of sp³-hybridized carbons (Fsp3) is 0.818. The van der Waals surface area contributed by atoms with Crippen LogP contribution in [0.4, 0.5) is 0 Å². The fourth-order valence-electron chi connectivity index (χ4n) is 0.839. The van der Waals surface area contributed by atoms with Crippen LogP contribution in [0.1, 0.15) is 48.0 Å². The first-order chi connectivity index (χ1) is 5.09. The average molecular weight is 156 g/mol. The molecule has 0 nitrogen and oxygen atoms in total. The van der Waals surface area contributed by atoms with Gasteiger partial charge >= 0.3 is 0 Å². The molecule has 2 unspecified atom stereocenters. The average Bonchev–Trinajstić information content (AvgIpc) is 2.05. The number of hydrogen-bond acceptors (Lipinski definition) is 0. The Morgan fingerprint density at radius 1 is 1.27 bits per heavy atom. The maximum atomic E-state index is 3.92. The molecule has 0 aromatic heterocycles. The van der Waals surface area contributed by atoms with E-state index >= 15 is 0 Å². The summed E-state index contributed by atoms with van der Waals surface area (Å²) in [5.74, 6) is 1.48. The standard InChI is InChI=1S/C9H18.C2H6/c1-6-8(4)9(5)7(2)3;1-2/h8-9H,2,6H2,1,3-5H3;1-2H3. The first kappa shape index (κ1) is 13.3. The summed E-state index contributed by atoms with van der Waals surface area (Å²) in [6, 6.07) is 0. The van der Waals surface area contributed by atoms with Crippen LogP contribution in [0.3, 0.4) is 0 Å². The van der Waals surface area contributed by atoms with Crippen LogP contribution in [0.25, 0.3) is 0 Å². The van der Waals surface area contributed by atoms with Gasteiger partial charge in [-0.1, -0.05) is 53.2 Å². The molecule has 0 heteroatoms. The lowest BCUT2D eigenvalue weighted by molar-refractivity contribution is 0.428. The second-order valence-corrected chi connectivity index (χ2v) is 3.02. The molecule has 0 spiro atoms. The lowest BCUT2D eigenvalue weighted by Crippen LogP contribution is -2.06. The van der Waals surface area contributed by atoms with Crippen LogP contribution in [-0.2, 0) is 0 Å². The van der Waals surface area contributed by atoms with Crippen molar-refractivity contribution in [2.45, 2.75) is 48.0 Å². The van der Waals surface area contributed by atoms with E-state index in [0.29, 0.717) is 5.92 Å². The summed E-state index contributed by atoms with van der Waals surface area (Å²) in [5.41, 5.74) is 1.31. The molecule has 0 aliphatic heterocycles. The molecule has 0 amide bonds. The third-order valence-corrected chi connectivity index (χ3v) is 2.27. The predicted molar refractivity (Wildman–Crippen MR) is 54.8 cm³/mol. The molecule has 0 aliphatic rings. The summed E-state index contributed by atoms with van der Waals surface area (Å²) >= 11 is 0. The van der Waals surface area contributed by atoms with E-state index in [4.69, 9.17) is 0 Å². The second-order valence-electron chi connectivity index (χ2n) is 3.02. The molecule has 68 valence electrons. The van der Waals surface area contributed by atoms with Gasteiger partial charge in [0.1, 0.15) is 0 Å². The lowest BCUT2D eigenvalue weighted by Gasteiger charge is -2.17. The molecule has 11 heavy (non-hydrogen) atoms. The minimum absolute atomic E-state index is 0.690. The van der Waals surface area contributed by atoms with Gasteiger partial charge in [0, 0.05) is 0 Å². The van der Waals surface area contributed by atoms with E-state index in [2.05, 4.69) is 34.3 Å². The van der Waals surface area contributed by atoms with Gasteiger partial charge in [0.05, 0.1) is 0 Å². The first-order valence-corrected chi connectivity index (χ1v) is 4.75. The molecule has 0 aromatic carbocycles. The zero-order valence-corrected chi connectivity index (χ0v) is 9.07. The van der Waals surface area contributed by atoms with Gasteiger partial charge in [-0.2, -0.15) is 0 Å². The Morgan fingerprint density at radius 2 is 1.64 bits per heavy atom. The molecule has 0 aromatic rings. The molecule has 0 saturated carbocycles. The first-order valence-electron chi connectivity index (χ1n) is 4.75. The SMILES string of the molecule is C=C(C)C(C)C(C)CC.CC. The van der Waals surface area contributed by atoms with Gasteiger partial charge in [-0.25, -0.2) is 0 Å². The van der Waals surface area contributed by atoms with Crippen molar-refractivity contribution in [3.8, 4) is 0 Å². The summed E-state index contributed by atoms with van der Waals surface area (Å²) < 4.78 is 0. The van der Waals surface area contributed by atoms with Gasteiger partial charge in [-0.05, 0) is 18.8 Å². The number of allylic oxidation sites excluding steroid dienone is 1. The Labute approximate surface area is 72.7 Å². The van der Waals surface area contributed by atoms with E-state index in [1.807, 2.05) is 13.8 Å². The second kappa shape index (κ2) is 7.84. The van der Waals surface area contributed by atoms with Gasteiger partial charge in [-0.3, -0.25) is 0 Å². The molecular formula is C11H24. The van der Waals surface area contributed by atoms with E-state index in [1.54, 1.807) is 0 Å². The molecule has 0 heterocycles. The van der Waals surface area contributed by atoms with Crippen molar-refractivity contribution in [1.29, 1.82) is 0 Å². The quantitative estimate of drug-likeness (QED) is 0.535. The van der Waals surface area contributed by atoms with Crippen molar-refractivity contribution < 1.29 is 0 Å². The Balaban J connectivity index is 0. The smallest absolute Gasteiger partial charge is 0.0211 e. The summed E-state index contributed by atoms with van der Waals surface area (Å²) in [6.07, 6.45) is 1.26. The summed E-state index contributed by atoms with van der Waals surface area (Å²) in [5, 5.41) is 0. The molecule has 0 saturated heterocycles. The van der Waals surface area contributed by atoms with Crippen molar-refractivity contribution in [3.63, 3.8) is 0 Å². The Kier molecular flexibility index (Phi) is 9.51. The highest BCUT2D eigenvalue weighted by Crippen LogP contribution is 2.20. The summed E-state index contributed by atoms with van der Waals surface area (Å²) in [6.45, 7) is 16.8. The van der Waals surface area contributed by atoms with Crippen LogP contribution in [0, 0.1) is 11.8 Å². The Hall–Kier alpha value is -0.260. The molecule has 0 N–H and O–H groups in total. The molecule has 0 fully saturated rings. The molecule has 0 rings (SSSR count). The molecule has 0 radical (unpaired) electrons. The largest absolute Gasteiger partial charge is 0.0999 e. The van der Waals surface area contributed by atoms with Crippen LogP contribution >= 0.6 is 0 Å². The van der Waals surface area contributed by atoms with Gasteiger partial charge < -0.3 is 0 Å². The van der Waals surface area contributed by atoms with Crippen molar-refractivity contribution >= 4 is 0 Å². The molecule has 2 atom stereocenters. The number of rotatable bonds is 3. The predicted octanol–water partition coefficient (Wildman–Crippen LogP) is 4.27. The van der Waals surface area contributed by atoms with Crippen LogP contribution in [-0.4, -0.2) is 0 Å². The van der Waals surface area contributed by atoms with E-state index in [9.17, 15) is 0 Å².